The lowest BCUT2D eigenvalue weighted by atomic mass is 10.1. The Balaban J connectivity index is 1.95. The summed E-state index contributed by atoms with van der Waals surface area (Å²) in [5, 5.41) is 12.8. The molecule has 6 heteroatoms. The monoisotopic (exact) mass is 345 g/mol. The number of fused-ring (bicyclic) bond motifs is 1. The molecule has 1 aromatic carbocycles. The van der Waals surface area contributed by atoms with Crippen molar-refractivity contribution in [1.29, 1.82) is 0 Å². The summed E-state index contributed by atoms with van der Waals surface area (Å²) >= 11 is 1.39. The van der Waals surface area contributed by atoms with E-state index in [0.717, 1.165) is 42.5 Å². The van der Waals surface area contributed by atoms with E-state index in [-0.39, 0.29) is 11.5 Å². The number of aromatic carboxylic acids is 1. The van der Waals surface area contributed by atoms with Crippen LogP contribution in [0.3, 0.4) is 0 Å². The van der Waals surface area contributed by atoms with Crippen molar-refractivity contribution >= 4 is 28.2 Å². The SMILES string of the molecule is COc1ccccc1C(=O)Nc1sc2c(c1C(=O)O)CCCCC2. The van der Waals surface area contributed by atoms with E-state index in [2.05, 4.69) is 5.32 Å². The van der Waals surface area contributed by atoms with Crippen molar-refractivity contribution in [1.82, 2.24) is 0 Å². The molecule has 0 saturated carbocycles. The molecule has 1 heterocycles. The van der Waals surface area contributed by atoms with Crippen LogP contribution in [0, 0.1) is 0 Å². The first kappa shape index (κ1) is 16.5. The van der Waals surface area contributed by atoms with Crippen LogP contribution in [0.4, 0.5) is 5.00 Å². The van der Waals surface area contributed by atoms with Crippen LogP contribution in [-0.2, 0) is 12.8 Å². The molecule has 1 aliphatic carbocycles. The molecule has 0 radical (unpaired) electrons. The van der Waals surface area contributed by atoms with Crippen LogP contribution >= 0.6 is 11.3 Å². The number of thiophene rings is 1. The van der Waals surface area contributed by atoms with Gasteiger partial charge in [0.1, 0.15) is 10.8 Å². The number of carbonyl (C=O) groups is 2. The highest BCUT2D eigenvalue weighted by atomic mass is 32.1. The normalized spacial score (nSPS) is 13.7. The summed E-state index contributed by atoms with van der Waals surface area (Å²) < 4.78 is 5.21. The maximum Gasteiger partial charge on any atom is 0.339 e. The Morgan fingerprint density at radius 1 is 1.17 bits per heavy atom. The topological polar surface area (TPSA) is 75.6 Å². The first-order valence-electron chi connectivity index (χ1n) is 7.94. The molecule has 0 atom stereocenters. The van der Waals surface area contributed by atoms with E-state index >= 15 is 0 Å². The van der Waals surface area contributed by atoms with Crippen molar-refractivity contribution in [3.63, 3.8) is 0 Å². The molecule has 0 aliphatic heterocycles. The number of para-hydroxylation sites is 1. The van der Waals surface area contributed by atoms with Crippen LogP contribution in [0.25, 0.3) is 0 Å². The number of carboxylic acids is 1. The molecule has 1 aliphatic rings. The fraction of sp³-hybridized carbons (Fsp3) is 0.333. The third-order valence-electron chi connectivity index (χ3n) is 4.21. The van der Waals surface area contributed by atoms with E-state index in [9.17, 15) is 14.7 Å². The van der Waals surface area contributed by atoms with Crippen molar-refractivity contribution in [2.75, 3.05) is 12.4 Å². The predicted molar refractivity (Wildman–Crippen MR) is 93.5 cm³/mol. The average molecular weight is 345 g/mol. The summed E-state index contributed by atoms with van der Waals surface area (Å²) in [4.78, 5) is 25.4. The van der Waals surface area contributed by atoms with Crippen molar-refractivity contribution in [2.24, 2.45) is 0 Å². The Kier molecular flexibility index (Phi) is 4.85. The van der Waals surface area contributed by atoms with Crippen molar-refractivity contribution in [3.8, 4) is 5.75 Å². The molecule has 0 spiro atoms. The number of carboxylic acid groups (broad SMARTS) is 1. The molecule has 24 heavy (non-hydrogen) atoms. The van der Waals surface area contributed by atoms with Gasteiger partial charge < -0.3 is 15.2 Å². The zero-order valence-electron chi connectivity index (χ0n) is 13.4. The molecule has 2 aromatic rings. The van der Waals surface area contributed by atoms with Crippen LogP contribution in [-0.4, -0.2) is 24.1 Å². The minimum Gasteiger partial charge on any atom is -0.496 e. The van der Waals surface area contributed by atoms with E-state index in [1.807, 2.05) is 0 Å². The van der Waals surface area contributed by atoms with E-state index in [0.29, 0.717) is 16.3 Å². The van der Waals surface area contributed by atoms with Gasteiger partial charge in [-0.15, -0.1) is 11.3 Å². The number of rotatable bonds is 4. The molecule has 2 N–H and O–H groups in total. The van der Waals surface area contributed by atoms with Gasteiger partial charge in [-0.25, -0.2) is 4.79 Å². The molecule has 5 nitrogen and oxygen atoms in total. The zero-order valence-corrected chi connectivity index (χ0v) is 14.2. The highest BCUT2D eigenvalue weighted by molar-refractivity contribution is 7.17. The maximum atomic E-state index is 12.6. The number of methoxy groups -OCH3 is 1. The van der Waals surface area contributed by atoms with Gasteiger partial charge in [-0.05, 0) is 43.4 Å². The first-order valence-corrected chi connectivity index (χ1v) is 8.75. The summed E-state index contributed by atoms with van der Waals surface area (Å²) in [6.07, 6.45) is 4.81. The van der Waals surface area contributed by atoms with E-state index in [1.165, 1.54) is 18.4 Å². The first-order chi connectivity index (χ1) is 11.6. The number of hydrogen-bond donors (Lipinski definition) is 2. The van der Waals surface area contributed by atoms with Crippen LogP contribution in [0.2, 0.25) is 0 Å². The number of ether oxygens (including phenoxy) is 1. The lowest BCUT2D eigenvalue weighted by molar-refractivity contribution is 0.0697. The van der Waals surface area contributed by atoms with Gasteiger partial charge in [0.15, 0.2) is 0 Å². The molecule has 0 saturated heterocycles. The van der Waals surface area contributed by atoms with Gasteiger partial charge in [0.25, 0.3) is 5.91 Å². The Bertz CT molecular complexity index is 781. The van der Waals surface area contributed by atoms with Crippen LogP contribution in [0.15, 0.2) is 24.3 Å². The second-order valence-corrected chi connectivity index (χ2v) is 6.83. The molecule has 3 rings (SSSR count). The minimum atomic E-state index is -0.982. The molecular formula is C18H19NO4S. The quantitative estimate of drug-likeness (QED) is 0.822. The summed E-state index contributed by atoms with van der Waals surface area (Å²) in [7, 11) is 1.50. The minimum absolute atomic E-state index is 0.250. The van der Waals surface area contributed by atoms with Gasteiger partial charge in [0.2, 0.25) is 0 Å². The van der Waals surface area contributed by atoms with Crippen molar-refractivity contribution in [2.45, 2.75) is 32.1 Å². The molecule has 0 bridgehead atoms. The highest BCUT2D eigenvalue weighted by Crippen LogP contribution is 2.38. The third kappa shape index (κ3) is 3.14. The second kappa shape index (κ2) is 7.05. The van der Waals surface area contributed by atoms with Crippen molar-refractivity contribution < 1.29 is 19.4 Å². The van der Waals surface area contributed by atoms with Gasteiger partial charge in [0, 0.05) is 4.88 Å². The zero-order chi connectivity index (χ0) is 17.1. The predicted octanol–water partition coefficient (Wildman–Crippen LogP) is 3.98. The van der Waals surface area contributed by atoms with Gasteiger partial charge in [-0.2, -0.15) is 0 Å². The second-order valence-electron chi connectivity index (χ2n) is 5.73. The molecule has 1 aromatic heterocycles. The number of nitrogens with one attached hydrogen (secondary N) is 1. The molecular weight excluding hydrogens is 326 g/mol. The summed E-state index contributed by atoms with van der Waals surface area (Å²) in [5.41, 5.74) is 1.53. The summed E-state index contributed by atoms with van der Waals surface area (Å²) in [6, 6.07) is 6.90. The smallest absolute Gasteiger partial charge is 0.339 e. The molecule has 0 fully saturated rings. The molecule has 126 valence electrons. The number of aryl methyl sites for hydroxylation is 1. The standard InChI is InChI=1S/C18H19NO4S/c1-23-13-9-6-5-7-11(13)16(20)19-17-15(18(21)22)12-8-3-2-4-10-14(12)24-17/h5-7,9H,2-4,8,10H2,1H3,(H,19,20)(H,21,22). The highest BCUT2D eigenvalue weighted by Gasteiger charge is 2.26. The maximum absolute atomic E-state index is 12.6. The van der Waals surface area contributed by atoms with Crippen LogP contribution < -0.4 is 10.1 Å². The molecule has 1 amide bonds. The summed E-state index contributed by atoms with van der Waals surface area (Å²) in [5.74, 6) is -0.874. The Morgan fingerprint density at radius 3 is 2.67 bits per heavy atom. The fourth-order valence-corrected chi connectivity index (χ4v) is 4.34. The molecule has 0 unspecified atom stereocenters. The van der Waals surface area contributed by atoms with E-state index < -0.39 is 5.97 Å². The van der Waals surface area contributed by atoms with Gasteiger partial charge in [0.05, 0.1) is 18.2 Å². The van der Waals surface area contributed by atoms with Gasteiger partial charge in [-0.3, -0.25) is 4.79 Å². The lowest BCUT2D eigenvalue weighted by Gasteiger charge is -2.09. The fourth-order valence-electron chi connectivity index (χ4n) is 3.06. The third-order valence-corrected chi connectivity index (χ3v) is 5.42. The van der Waals surface area contributed by atoms with Gasteiger partial charge >= 0.3 is 5.97 Å². The van der Waals surface area contributed by atoms with Crippen LogP contribution in [0.5, 0.6) is 5.75 Å². The number of carbonyl (C=O) groups excluding carboxylic acids is 1. The lowest BCUT2D eigenvalue weighted by Crippen LogP contribution is -2.14. The number of benzene rings is 1. The van der Waals surface area contributed by atoms with Crippen LogP contribution in [0.1, 0.15) is 50.4 Å². The van der Waals surface area contributed by atoms with E-state index in [1.54, 1.807) is 24.3 Å². The van der Waals surface area contributed by atoms with Gasteiger partial charge in [-0.1, -0.05) is 18.6 Å². The number of anilines is 1. The van der Waals surface area contributed by atoms with Crippen molar-refractivity contribution in [3.05, 3.63) is 45.8 Å². The number of hydrogen-bond acceptors (Lipinski definition) is 4. The largest absolute Gasteiger partial charge is 0.496 e. The Labute approximate surface area is 144 Å². The Hall–Kier alpha value is -2.34. The summed E-state index contributed by atoms with van der Waals surface area (Å²) in [6.45, 7) is 0. The Morgan fingerprint density at radius 2 is 1.92 bits per heavy atom. The van der Waals surface area contributed by atoms with E-state index in [4.69, 9.17) is 4.74 Å². The average Bonchev–Trinajstić information content (AvgIpc) is 2.76. The number of amides is 1.